The smallest absolute Gasteiger partial charge is 0.407 e. The minimum Gasteiger partial charge on any atom is -0.462 e. The Kier molecular flexibility index (Phi) is 20.8. The second kappa shape index (κ2) is 24.6. The number of carbonyl (C=O) groups is 4. The van der Waals surface area contributed by atoms with E-state index in [-0.39, 0.29) is 48.3 Å². The zero-order chi connectivity index (χ0) is 49.0. The molecular formula is C55H98N4O7. The summed E-state index contributed by atoms with van der Waals surface area (Å²) in [4.78, 5) is 53.5. The lowest BCUT2D eigenvalue weighted by atomic mass is 9.47. The summed E-state index contributed by atoms with van der Waals surface area (Å²) in [6.07, 6.45) is 18.1. The van der Waals surface area contributed by atoms with Gasteiger partial charge in [-0.1, -0.05) is 66.0 Å². The van der Waals surface area contributed by atoms with Crippen molar-refractivity contribution in [2.45, 2.75) is 235 Å². The number of unbranched alkanes of at least 4 members (excludes halogenated alkanes) is 1. The lowest BCUT2D eigenvalue weighted by molar-refractivity contribution is -0.153. The van der Waals surface area contributed by atoms with E-state index in [4.69, 9.17) is 14.2 Å². The van der Waals surface area contributed by atoms with Crippen LogP contribution in [0.5, 0.6) is 0 Å². The van der Waals surface area contributed by atoms with E-state index in [9.17, 15) is 19.2 Å². The SMILES string of the molecule is CCC(CCC(C)[C@H]1CC[C@H]2[C@@H]3CC=C4C[C@@H](OC(=O)CCC(=O)N(CCCCNCCC(C)NC(=O)OC(C)(C)C)CCC(C)NC(=O)OC(C)(C)C)CC[C@]4(C)[C@H]3CC[C@]12C)C(C)C. The van der Waals surface area contributed by atoms with Gasteiger partial charge in [-0.15, -0.1) is 0 Å². The molecular weight excluding hydrogens is 829 g/mol. The van der Waals surface area contributed by atoms with Gasteiger partial charge >= 0.3 is 18.2 Å². The number of hydrogen-bond acceptors (Lipinski definition) is 8. The van der Waals surface area contributed by atoms with Crippen LogP contribution in [-0.2, 0) is 23.8 Å². The standard InChI is InChI=1S/C55H98N4O7/c1-15-41(37(2)3)19-18-38(4)45-22-23-46-44-21-20-42-36-43(26-30-54(42,13)47(44)27-31-55(45,46)14)64-49(61)25-24-48(60)59(35-29-40(6)58-51(63)66-53(10,11)12)34-17-16-32-56-33-28-39(5)57-50(62)65-52(7,8)9/h20,37-41,43-47,56H,15-19,21-36H2,1-14H3,(H,57,62)(H,58,63)/t38?,39?,40?,41?,43-,44-,45+,46-,47-,54-,55+/m0/s1. The Morgan fingerprint density at radius 1 is 0.758 bits per heavy atom. The van der Waals surface area contributed by atoms with Crippen molar-refractivity contribution in [1.82, 2.24) is 20.9 Å². The highest BCUT2D eigenvalue weighted by atomic mass is 16.6. The van der Waals surface area contributed by atoms with Crippen molar-refractivity contribution in [2.75, 3.05) is 26.2 Å². The Labute approximate surface area is 402 Å². The van der Waals surface area contributed by atoms with Gasteiger partial charge in [0.15, 0.2) is 0 Å². The number of allylic oxidation sites excluding steroid dienone is 1. The summed E-state index contributed by atoms with van der Waals surface area (Å²) < 4.78 is 17.0. The van der Waals surface area contributed by atoms with Crippen LogP contribution in [0, 0.1) is 52.3 Å². The molecule has 66 heavy (non-hydrogen) atoms. The maximum absolute atomic E-state index is 13.7. The largest absolute Gasteiger partial charge is 0.462 e. The van der Waals surface area contributed by atoms with Gasteiger partial charge < -0.3 is 35.1 Å². The molecule has 3 amide bonds. The third-order valence-electron chi connectivity index (χ3n) is 16.6. The molecule has 3 fully saturated rings. The second-order valence-corrected chi connectivity index (χ2v) is 24.3. The highest BCUT2D eigenvalue weighted by Gasteiger charge is 2.59. The van der Waals surface area contributed by atoms with E-state index in [0.29, 0.717) is 30.8 Å². The van der Waals surface area contributed by atoms with Crippen LogP contribution in [0.2, 0.25) is 0 Å². The Balaban J connectivity index is 1.26. The molecule has 4 aliphatic rings. The minimum atomic E-state index is -0.601. The number of amides is 3. The topological polar surface area (TPSA) is 135 Å². The number of nitrogens with one attached hydrogen (secondary N) is 3. The van der Waals surface area contributed by atoms with E-state index in [2.05, 4.69) is 63.6 Å². The van der Waals surface area contributed by atoms with E-state index >= 15 is 0 Å². The fourth-order valence-electron chi connectivity index (χ4n) is 12.9. The Hall–Kier alpha value is -2.82. The fraction of sp³-hybridized carbons (Fsp3) is 0.891. The average Bonchev–Trinajstić information content (AvgIpc) is 3.56. The molecule has 0 aromatic carbocycles. The molecule has 0 bridgehead atoms. The first kappa shape index (κ1) is 55.8. The summed E-state index contributed by atoms with van der Waals surface area (Å²) >= 11 is 0. The number of alkyl carbamates (subject to hydrolysis) is 2. The van der Waals surface area contributed by atoms with Crippen molar-refractivity contribution >= 4 is 24.1 Å². The first-order valence-electron chi connectivity index (χ1n) is 26.7. The van der Waals surface area contributed by atoms with Crippen molar-refractivity contribution in [2.24, 2.45) is 52.3 Å². The maximum atomic E-state index is 13.7. The third kappa shape index (κ3) is 16.4. The van der Waals surface area contributed by atoms with Crippen LogP contribution in [0.25, 0.3) is 0 Å². The number of ether oxygens (including phenoxy) is 3. The number of fused-ring (bicyclic) bond motifs is 5. The van der Waals surface area contributed by atoms with Gasteiger partial charge in [0.25, 0.3) is 0 Å². The van der Waals surface area contributed by atoms with E-state index in [1.165, 1.54) is 56.9 Å². The normalized spacial score (nSPS) is 28.1. The van der Waals surface area contributed by atoms with Crippen molar-refractivity contribution in [1.29, 1.82) is 0 Å². The third-order valence-corrected chi connectivity index (χ3v) is 16.6. The average molecular weight is 927 g/mol. The van der Waals surface area contributed by atoms with Crippen molar-refractivity contribution < 1.29 is 33.4 Å². The van der Waals surface area contributed by atoms with E-state index < -0.39 is 23.4 Å². The van der Waals surface area contributed by atoms with Gasteiger partial charge in [0.05, 0.1) is 6.42 Å². The molecule has 3 saturated carbocycles. The first-order valence-corrected chi connectivity index (χ1v) is 26.7. The van der Waals surface area contributed by atoms with Gasteiger partial charge in [-0.05, 0) is 198 Å². The van der Waals surface area contributed by atoms with Gasteiger partial charge in [0, 0.05) is 38.0 Å². The molecule has 11 heteroatoms. The summed E-state index contributed by atoms with van der Waals surface area (Å²) in [7, 11) is 0. The summed E-state index contributed by atoms with van der Waals surface area (Å²) in [5, 5.41) is 9.22. The molecule has 3 N–H and O–H groups in total. The summed E-state index contributed by atoms with van der Waals surface area (Å²) in [5.41, 5.74) is 1.01. The summed E-state index contributed by atoms with van der Waals surface area (Å²) in [6.45, 7) is 32.4. The Bertz CT molecular complexity index is 1600. The molecule has 11 atom stereocenters. The van der Waals surface area contributed by atoms with Crippen LogP contribution in [0.4, 0.5) is 9.59 Å². The van der Waals surface area contributed by atoms with Crippen molar-refractivity contribution in [3.63, 3.8) is 0 Å². The van der Waals surface area contributed by atoms with E-state index in [0.717, 1.165) is 87.1 Å². The number of carbonyl (C=O) groups excluding carboxylic acids is 4. The molecule has 0 spiro atoms. The summed E-state index contributed by atoms with van der Waals surface area (Å²) in [5.74, 6) is 5.19. The van der Waals surface area contributed by atoms with Crippen LogP contribution in [0.15, 0.2) is 11.6 Å². The molecule has 380 valence electrons. The van der Waals surface area contributed by atoms with Crippen LogP contribution < -0.4 is 16.0 Å². The highest BCUT2D eigenvalue weighted by molar-refractivity contribution is 5.81. The van der Waals surface area contributed by atoms with Gasteiger partial charge in [0.1, 0.15) is 17.3 Å². The lowest BCUT2D eigenvalue weighted by Crippen LogP contribution is -2.51. The highest BCUT2D eigenvalue weighted by Crippen LogP contribution is 2.67. The number of esters is 1. The molecule has 0 saturated heterocycles. The van der Waals surface area contributed by atoms with Crippen LogP contribution >= 0.6 is 0 Å². The van der Waals surface area contributed by atoms with Gasteiger partial charge in [-0.2, -0.15) is 0 Å². The lowest BCUT2D eigenvalue weighted by Gasteiger charge is -2.58. The molecule has 4 aliphatic carbocycles. The van der Waals surface area contributed by atoms with Crippen molar-refractivity contribution in [3.8, 4) is 0 Å². The van der Waals surface area contributed by atoms with Crippen LogP contribution in [-0.4, -0.2) is 84.5 Å². The predicted octanol–water partition coefficient (Wildman–Crippen LogP) is 12.2. The maximum Gasteiger partial charge on any atom is 0.407 e. The van der Waals surface area contributed by atoms with Crippen LogP contribution in [0.3, 0.4) is 0 Å². The molecule has 4 rings (SSSR count). The zero-order valence-electron chi connectivity index (χ0n) is 44.5. The second-order valence-electron chi connectivity index (χ2n) is 24.3. The molecule has 0 aromatic heterocycles. The fourth-order valence-corrected chi connectivity index (χ4v) is 12.9. The van der Waals surface area contributed by atoms with Crippen molar-refractivity contribution in [3.05, 3.63) is 11.6 Å². The molecule has 0 heterocycles. The van der Waals surface area contributed by atoms with Crippen LogP contribution in [0.1, 0.15) is 206 Å². The molecule has 4 unspecified atom stereocenters. The Morgan fingerprint density at radius 2 is 1.41 bits per heavy atom. The predicted molar refractivity (Wildman–Crippen MR) is 267 cm³/mol. The minimum absolute atomic E-state index is 0.0280. The van der Waals surface area contributed by atoms with E-state index in [1.54, 1.807) is 0 Å². The van der Waals surface area contributed by atoms with Gasteiger partial charge in [-0.25, -0.2) is 9.59 Å². The monoisotopic (exact) mass is 927 g/mol. The zero-order valence-corrected chi connectivity index (χ0v) is 44.5. The molecule has 11 nitrogen and oxygen atoms in total. The molecule has 0 radical (unpaired) electrons. The van der Waals surface area contributed by atoms with E-state index in [1.807, 2.05) is 60.3 Å². The quantitative estimate of drug-likeness (QED) is 0.0399. The summed E-state index contributed by atoms with van der Waals surface area (Å²) in [6, 6.07) is -0.227. The Morgan fingerprint density at radius 3 is 2.03 bits per heavy atom. The number of hydrogen-bond donors (Lipinski definition) is 3. The number of nitrogens with zero attached hydrogens (tertiary/aromatic N) is 1. The first-order chi connectivity index (χ1) is 30.8. The molecule has 0 aliphatic heterocycles. The van der Waals surface area contributed by atoms with Gasteiger partial charge in [0.2, 0.25) is 5.91 Å². The number of rotatable bonds is 23. The van der Waals surface area contributed by atoms with Gasteiger partial charge in [-0.3, -0.25) is 9.59 Å². The molecule has 0 aromatic rings.